The molecule has 0 rings (SSSR count). The van der Waals surface area contributed by atoms with Crippen molar-refractivity contribution in [3.05, 3.63) is 0 Å². The first-order valence-electron chi connectivity index (χ1n) is 3.30. The number of carbonyl (C=O) groups is 2. The first-order chi connectivity index (χ1) is 4.99. The number of ether oxygens (including phenoxy) is 1. The highest BCUT2D eigenvalue weighted by Crippen LogP contribution is 2.12. The van der Waals surface area contributed by atoms with Gasteiger partial charge in [0.05, 0.1) is 7.11 Å². The fourth-order valence-electron chi connectivity index (χ4n) is 0.706. The van der Waals surface area contributed by atoms with E-state index in [0.717, 1.165) is 14.0 Å². The summed E-state index contributed by atoms with van der Waals surface area (Å²) in [6, 6.07) is 0. The van der Waals surface area contributed by atoms with Crippen LogP contribution in [0.15, 0.2) is 0 Å². The molecule has 0 bridgehead atoms. The van der Waals surface area contributed by atoms with Crippen LogP contribution >= 0.6 is 0 Å². The summed E-state index contributed by atoms with van der Waals surface area (Å²) in [6.07, 6.45) is 0.0367. The standard InChI is InChI=1S/C7H12O4/c1-4-7(10,5(2)8)6(9)11-3/h10H,4H2,1-3H3. The molecule has 0 aliphatic rings. The summed E-state index contributed by atoms with van der Waals surface area (Å²) in [4.78, 5) is 21.6. The van der Waals surface area contributed by atoms with Crippen LogP contribution in [0.2, 0.25) is 0 Å². The molecule has 0 fully saturated rings. The second-order valence-corrected chi connectivity index (χ2v) is 2.26. The SMILES string of the molecule is CCC(O)(C(C)=O)C(=O)OC. The number of Topliss-reactive ketones (excluding diaryl/α,β-unsaturated/α-hetero) is 1. The highest BCUT2D eigenvalue weighted by Gasteiger charge is 2.40. The van der Waals surface area contributed by atoms with Gasteiger partial charge in [0.2, 0.25) is 5.60 Å². The molecule has 1 N–H and O–H groups in total. The lowest BCUT2D eigenvalue weighted by atomic mass is 9.97. The Morgan fingerprint density at radius 1 is 1.55 bits per heavy atom. The van der Waals surface area contributed by atoms with Gasteiger partial charge in [-0.15, -0.1) is 0 Å². The van der Waals surface area contributed by atoms with E-state index in [1.807, 2.05) is 0 Å². The summed E-state index contributed by atoms with van der Waals surface area (Å²) in [5.74, 6) is -1.49. The minimum Gasteiger partial charge on any atom is -0.467 e. The van der Waals surface area contributed by atoms with Crippen LogP contribution in [-0.4, -0.2) is 29.6 Å². The van der Waals surface area contributed by atoms with E-state index in [1.54, 1.807) is 6.92 Å². The zero-order valence-corrected chi connectivity index (χ0v) is 6.88. The van der Waals surface area contributed by atoms with Gasteiger partial charge >= 0.3 is 5.97 Å². The monoisotopic (exact) mass is 160 g/mol. The number of rotatable bonds is 3. The van der Waals surface area contributed by atoms with E-state index in [1.165, 1.54) is 0 Å². The minimum absolute atomic E-state index is 0.0367. The van der Waals surface area contributed by atoms with Gasteiger partial charge in [-0.05, 0) is 13.3 Å². The molecule has 0 aromatic carbocycles. The summed E-state index contributed by atoms with van der Waals surface area (Å²) in [7, 11) is 1.13. The molecule has 64 valence electrons. The Labute approximate surface area is 65.2 Å². The molecule has 0 saturated heterocycles. The van der Waals surface area contributed by atoms with E-state index in [2.05, 4.69) is 4.74 Å². The third kappa shape index (κ3) is 1.77. The first-order valence-corrected chi connectivity index (χ1v) is 3.30. The van der Waals surface area contributed by atoms with Gasteiger partial charge in [-0.2, -0.15) is 0 Å². The van der Waals surface area contributed by atoms with Gasteiger partial charge < -0.3 is 9.84 Å². The van der Waals surface area contributed by atoms with Crippen LogP contribution in [0.4, 0.5) is 0 Å². The number of aliphatic hydroxyl groups is 1. The maximum absolute atomic E-state index is 10.8. The van der Waals surface area contributed by atoms with E-state index < -0.39 is 17.4 Å². The van der Waals surface area contributed by atoms with Crippen molar-refractivity contribution in [1.29, 1.82) is 0 Å². The van der Waals surface area contributed by atoms with Crippen LogP contribution in [0.5, 0.6) is 0 Å². The quantitative estimate of drug-likeness (QED) is 0.462. The number of hydrogen-bond acceptors (Lipinski definition) is 4. The summed E-state index contributed by atoms with van der Waals surface area (Å²) < 4.78 is 4.26. The smallest absolute Gasteiger partial charge is 0.345 e. The van der Waals surface area contributed by atoms with Gasteiger partial charge in [0.1, 0.15) is 0 Å². The summed E-state index contributed by atoms with van der Waals surface area (Å²) >= 11 is 0. The number of carbonyl (C=O) groups excluding carboxylic acids is 2. The molecule has 0 spiro atoms. The predicted octanol–water partition coefficient (Wildman–Crippen LogP) is -0.111. The largest absolute Gasteiger partial charge is 0.467 e. The van der Waals surface area contributed by atoms with Crippen LogP contribution in [0.3, 0.4) is 0 Å². The van der Waals surface area contributed by atoms with Crippen LogP contribution in [0.25, 0.3) is 0 Å². The van der Waals surface area contributed by atoms with Gasteiger partial charge in [-0.3, -0.25) is 4.79 Å². The molecule has 0 aliphatic carbocycles. The van der Waals surface area contributed by atoms with Crippen molar-refractivity contribution >= 4 is 11.8 Å². The van der Waals surface area contributed by atoms with E-state index in [4.69, 9.17) is 0 Å². The topological polar surface area (TPSA) is 63.6 Å². The minimum atomic E-state index is -1.95. The van der Waals surface area contributed by atoms with Crippen molar-refractivity contribution in [3.8, 4) is 0 Å². The van der Waals surface area contributed by atoms with Crippen molar-refractivity contribution in [2.45, 2.75) is 25.9 Å². The molecule has 0 aliphatic heterocycles. The fourth-order valence-corrected chi connectivity index (χ4v) is 0.706. The van der Waals surface area contributed by atoms with Gasteiger partial charge in [0.15, 0.2) is 5.78 Å². The summed E-state index contributed by atoms with van der Waals surface area (Å²) in [5, 5.41) is 9.34. The molecule has 0 amide bonds. The molecule has 0 radical (unpaired) electrons. The molecular formula is C7H12O4. The molecule has 1 unspecified atom stereocenters. The van der Waals surface area contributed by atoms with Crippen molar-refractivity contribution < 1.29 is 19.4 Å². The molecule has 0 saturated carbocycles. The Balaban J connectivity index is 4.59. The van der Waals surface area contributed by atoms with Gasteiger partial charge in [-0.1, -0.05) is 6.92 Å². The number of methoxy groups -OCH3 is 1. The zero-order chi connectivity index (χ0) is 9.07. The third-order valence-corrected chi connectivity index (χ3v) is 1.62. The predicted molar refractivity (Wildman–Crippen MR) is 37.9 cm³/mol. The van der Waals surface area contributed by atoms with Gasteiger partial charge in [0.25, 0.3) is 0 Å². The zero-order valence-electron chi connectivity index (χ0n) is 6.88. The molecule has 0 heterocycles. The van der Waals surface area contributed by atoms with Crippen molar-refractivity contribution in [3.63, 3.8) is 0 Å². The van der Waals surface area contributed by atoms with Crippen LogP contribution in [0.1, 0.15) is 20.3 Å². The van der Waals surface area contributed by atoms with Crippen molar-refractivity contribution in [2.75, 3.05) is 7.11 Å². The van der Waals surface area contributed by atoms with Crippen molar-refractivity contribution in [1.82, 2.24) is 0 Å². The lowest BCUT2D eigenvalue weighted by Gasteiger charge is -2.19. The van der Waals surface area contributed by atoms with E-state index in [-0.39, 0.29) is 6.42 Å². The molecule has 0 aromatic rings. The third-order valence-electron chi connectivity index (χ3n) is 1.62. The maximum Gasteiger partial charge on any atom is 0.345 e. The average molecular weight is 160 g/mol. The van der Waals surface area contributed by atoms with Crippen molar-refractivity contribution in [2.24, 2.45) is 0 Å². The average Bonchev–Trinajstić information content (AvgIpc) is 2.01. The van der Waals surface area contributed by atoms with Crippen LogP contribution < -0.4 is 0 Å². The normalized spacial score (nSPS) is 15.3. The molecule has 11 heavy (non-hydrogen) atoms. The van der Waals surface area contributed by atoms with E-state index >= 15 is 0 Å². The highest BCUT2D eigenvalue weighted by atomic mass is 16.5. The van der Waals surface area contributed by atoms with Gasteiger partial charge in [0, 0.05) is 0 Å². The highest BCUT2D eigenvalue weighted by molar-refractivity contribution is 6.05. The Morgan fingerprint density at radius 3 is 2.09 bits per heavy atom. The second-order valence-electron chi connectivity index (χ2n) is 2.26. The molecule has 4 nitrogen and oxygen atoms in total. The second kappa shape index (κ2) is 3.48. The number of esters is 1. The Hall–Kier alpha value is -0.900. The summed E-state index contributed by atoms with van der Waals surface area (Å²) in [5.41, 5.74) is -1.95. The molecule has 4 heteroatoms. The lowest BCUT2D eigenvalue weighted by molar-refractivity contribution is -0.167. The molecule has 0 aromatic heterocycles. The Bertz CT molecular complexity index is 175. The fraction of sp³-hybridized carbons (Fsp3) is 0.714. The maximum atomic E-state index is 10.8. The van der Waals surface area contributed by atoms with Crippen LogP contribution in [-0.2, 0) is 14.3 Å². The van der Waals surface area contributed by atoms with Crippen LogP contribution in [0, 0.1) is 0 Å². The number of hydrogen-bond donors (Lipinski definition) is 1. The molecular weight excluding hydrogens is 148 g/mol. The Morgan fingerprint density at radius 2 is 2.00 bits per heavy atom. The van der Waals surface area contributed by atoms with E-state index in [9.17, 15) is 14.7 Å². The van der Waals surface area contributed by atoms with E-state index in [0.29, 0.717) is 0 Å². The molecule has 1 atom stereocenters. The summed E-state index contributed by atoms with van der Waals surface area (Å²) in [6.45, 7) is 2.69. The number of ketones is 1. The first kappa shape index (κ1) is 10.1. The Kier molecular flexibility index (Phi) is 3.19. The van der Waals surface area contributed by atoms with Gasteiger partial charge in [-0.25, -0.2) is 4.79 Å². The lowest BCUT2D eigenvalue weighted by Crippen LogP contribution is -2.45.